The Kier molecular flexibility index (Phi) is 5.84. The van der Waals surface area contributed by atoms with Gasteiger partial charge in [0.05, 0.1) is 29.8 Å². The molecule has 1 aromatic carbocycles. The maximum Gasteiger partial charge on any atom is 0.235 e. The zero-order valence-corrected chi connectivity index (χ0v) is 18.6. The highest BCUT2D eigenvalue weighted by Gasteiger charge is 2.51. The molecule has 4 nitrogen and oxygen atoms in total. The van der Waals surface area contributed by atoms with Crippen molar-refractivity contribution >= 4 is 38.4 Å². The molecule has 2 aromatic rings. The van der Waals surface area contributed by atoms with Crippen molar-refractivity contribution in [3.63, 3.8) is 0 Å². The molecular formula is C23H31BrN2O2. The number of ether oxygens (including phenoxy) is 1. The fourth-order valence-corrected chi connectivity index (χ4v) is 5.47. The number of aromatic nitrogens is 1. The van der Waals surface area contributed by atoms with Crippen molar-refractivity contribution in [2.75, 3.05) is 18.5 Å². The summed E-state index contributed by atoms with van der Waals surface area (Å²) < 4.78 is 8.87. The molecule has 1 saturated carbocycles. The number of carbonyl (C=O) groups excluding carboxylic acids is 1. The van der Waals surface area contributed by atoms with Gasteiger partial charge in [-0.3, -0.25) is 4.79 Å². The first-order valence-corrected chi connectivity index (χ1v) is 11.5. The molecule has 28 heavy (non-hydrogen) atoms. The normalized spacial score (nSPS) is 20.1. The van der Waals surface area contributed by atoms with Gasteiger partial charge in [0.1, 0.15) is 0 Å². The standard InChI is InChI=1S/C23H31BrN2O2/c1-16(2)12-26-13-19(21-18(24)10-7-11-20(21)26)25-22(27)23(14-28-15-23)17-8-5-3-4-6-9-17/h7,10-11,13,16-17H,3-6,8-9,12,14-15H2,1-2H3,(H,25,27). The highest BCUT2D eigenvalue weighted by Crippen LogP contribution is 2.44. The summed E-state index contributed by atoms with van der Waals surface area (Å²) in [4.78, 5) is 13.5. The number of amides is 1. The molecule has 1 saturated heterocycles. The Morgan fingerprint density at radius 1 is 1.25 bits per heavy atom. The highest BCUT2D eigenvalue weighted by atomic mass is 79.9. The lowest BCUT2D eigenvalue weighted by atomic mass is 9.69. The number of halogens is 1. The van der Waals surface area contributed by atoms with Crippen LogP contribution in [0.2, 0.25) is 0 Å². The van der Waals surface area contributed by atoms with Crippen LogP contribution in [-0.4, -0.2) is 23.7 Å². The molecule has 0 unspecified atom stereocenters. The Hall–Kier alpha value is -1.33. The highest BCUT2D eigenvalue weighted by molar-refractivity contribution is 9.10. The summed E-state index contributed by atoms with van der Waals surface area (Å²) in [5.74, 6) is 1.12. The molecule has 2 heterocycles. The summed E-state index contributed by atoms with van der Waals surface area (Å²) in [5.41, 5.74) is 1.72. The van der Waals surface area contributed by atoms with Crippen LogP contribution in [0.25, 0.3) is 10.9 Å². The van der Waals surface area contributed by atoms with Crippen LogP contribution in [0.1, 0.15) is 52.4 Å². The Morgan fingerprint density at radius 3 is 2.57 bits per heavy atom. The molecular weight excluding hydrogens is 416 g/mol. The van der Waals surface area contributed by atoms with Gasteiger partial charge in [-0.1, -0.05) is 61.5 Å². The van der Waals surface area contributed by atoms with Crippen molar-refractivity contribution in [2.24, 2.45) is 17.3 Å². The van der Waals surface area contributed by atoms with Gasteiger partial charge in [-0.25, -0.2) is 0 Å². The zero-order chi connectivity index (χ0) is 19.7. The van der Waals surface area contributed by atoms with E-state index in [0.29, 0.717) is 25.0 Å². The average molecular weight is 447 g/mol. The van der Waals surface area contributed by atoms with E-state index >= 15 is 0 Å². The topological polar surface area (TPSA) is 43.3 Å². The minimum Gasteiger partial charge on any atom is -0.379 e. The summed E-state index contributed by atoms with van der Waals surface area (Å²) in [5, 5.41) is 4.40. The van der Waals surface area contributed by atoms with Gasteiger partial charge in [0.25, 0.3) is 0 Å². The van der Waals surface area contributed by atoms with Gasteiger partial charge in [0.15, 0.2) is 0 Å². The SMILES string of the molecule is CC(C)Cn1cc(NC(=O)C2(C3CCCCCC3)COC2)c2c(Br)cccc21. The third kappa shape index (κ3) is 3.63. The second kappa shape index (κ2) is 8.19. The molecule has 5 heteroatoms. The van der Waals surface area contributed by atoms with Gasteiger partial charge in [-0.2, -0.15) is 0 Å². The predicted octanol–water partition coefficient (Wildman–Crippen LogP) is 5.99. The molecule has 1 aliphatic carbocycles. The van der Waals surface area contributed by atoms with Crippen LogP contribution in [0.3, 0.4) is 0 Å². The fraction of sp³-hybridized carbons (Fsp3) is 0.609. The van der Waals surface area contributed by atoms with Crippen molar-refractivity contribution < 1.29 is 9.53 Å². The number of fused-ring (bicyclic) bond motifs is 1. The van der Waals surface area contributed by atoms with E-state index in [1.54, 1.807) is 0 Å². The lowest BCUT2D eigenvalue weighted by Gasteiger charge is -2.45. The molecule has 1 amide bonds. The van der Waals surface area contributed by atoms with Crippen molar-refractivity contribution in [3.8, 4) is 0 Å². The number of carbonyl (C=O) groups is 1. The van der Waals surface area contributed by atoms with Gasteiger partial charge in [-0.05, 0) is 36.8 Å². The average Bonchev–Trinajstić information content (AvgIpc) is 2.79. The van der Waals surface area contributed by atoms with Crippen molar-refractivity contribution in [2.45, 2.75) is 58.9 Å². The van der Waals surface area contributed by atoms with Gasteiger partial charge < -0.3 is 14.6 Å². The van der Waals surface area contributed by atoms with E-state index in [2.05, 4.69) is 58.0 Å². The first-order valence-electron chi connectivity index (χ1n) is 10.7. The van der Waals surface area contributed by atoms with E-state index in [4.69, 9.17) is 4.74 Å². The smallest absolute Gasteiger partial charge is 0.235 e. The van der Waals surface area contributed by atoms with Crippen LogP contribution in [0, 0.1) is 17.3 Å². The summed E-state index contributed by atoms with van der Waals surface area (Å²) in [6.45, 7) is 6.49. The largest absolute Gasteiger partial charge is 0.379 e. The zero-order valence-electron chi connectivity index (χ0n) is 17.0. The number of hydrogen-bond donors (Lipinski definition) is 1. The van der Waals surface area contributed by atoms with Crippen LogP contribution in [0.5, 0.6) is 0 Å². The van der Waals surface area contributed by atoms with Crippen LogP contribution in [0.4, 0.5) is 5.69 Å². The van der Waals surface area contributed by atoms with Crippen molar-refractivity contribution in [1.82, 2.24) is 4.57 Å². The quantitative estimate of drug-likeness (QED) is 0.573. The lowest BCUT2D eigenvalue weighted by Crippen LogP contribution is -2.56. The molecule has 152 valence electrons. The van der Waals surface area contributed by atoms with Gasteiger partial charge in [0, 0.05) is 22.6 Å². The van der Waals surface area contributed by atoms with Crippen LogP contribution >= 0.6 is 15.9 Å². The van der Waals surface area contributed by atoms with Gasteiger partial charge >= 0.3 is 0 Å². The number of anilines is 1. The number of nitrogens with one attached hydrogen (secondary N) is 1. The molecule has 0 spiro atoms. The van der Waals surface area contributed by atoms with Gasteiger partial charge in [0.2, 0.25) is 5.91 Å². The fourth-order valence-electron chi connectivity index (χ4n) is 4.90. The molecule has 1 aliphatic heterocycles. The molecule has 0 radical (unpaired) electrons. The molecule has 1 aromatic heterocycles. The maximum atomic E-state index is 13.5. The van der Waals surface area contributed by atoms with Crippen molar-refractivity contribution in [3.05, 3.63) is 28.9 Å². The first kappa shape index (κ1) is 20.0. The molecule has 0 bridgehead atoms. The second-order valence-electron chi connectivity index (χ2n) is 9.01. The summed E-state index contributed by atoms with van der Waals surface area (Å²) >= 11 is 3.70. The van der Waals surface area contributed by atoms with E-state index in [-0.39, 0.29) is 11.3 Å². The van der Waals surface area contributed by atoms with Crippen molar-refractivity contribution in [1.29, 1.82) is 0 Å². The first-order chi connectivity index (χ1) is 13.5. The monoisotopic (exact) mass is 446 g/mol. The van der Waals surface area contributed by atoms with Crippen LogP contribution < -0.4 is 5.32 Å². The maximum absolute atomic E-state index is 13.5. The van der Waals surface area contributed by atoms with E-state index < -0.39 is 0 Å². The Morgan fingerprint density at radius 2 is 1.96 bits per heavy atom. The molecule has 2 aliphatic rings. The summed E-state index contributed by atoms with van der Waals surface area (Å²) in [6.07, 6.45) is 9.46. The second-order valence-corrected chi connectivity index (χ2v) is 9.87. The number of benzene rings is 1. The van der Waals surface area contributed by atoms with E-state index in [1.807, 2.05) is 6.07 Å². The third-order valence-corrected chi connectivity index (χ3v) is 7.13. The van der Waals surface area contributed by atoms with Crippen LogP contribution in [-0.2, 0) is 16.1 Å². The van der Waals surface area contributed by atoms with E-state index in [9.17, 15) is 4.79 Å². The minimum atomic E-state index is -0.349. The number of rotatable bonds is 5. The summed E-state index contributed by atoms with van der Waals surface area (Å²) in [6, 6.07) is 6.23. The lowest BCUT2D eigenvalue weighted by molar-refractivity contribution is -0.170. The predicted molar refractivity (Wildman–Crippen MR) is 118 cm³/mol. The Balaban J connectivity index is 1.64. The van der Waals surface area contributed by atoms with E-state index in [1.165, 1.54) is 25.7 Å². The Bertz CT molecular complexity index is 846. The van der Waals surface area contributed by atoms with Crippen LogP contribution in [0.15, 0.2) is 28.9 Å². The number of hydrogen-bond acceptors (Lipinski definition) is 2. The van der Waals surface area contributed by atoms with Gasteiger partial charge in [-0.15, -0.1) is 0 Å². The molecule has 1 N–H and O–H groups in total. The van der Waals surface area contributed by atoms with E-state index in [0.717, 1.165) is 40.4 Å². The third-order valence-electron chi connectivity index (χ3n) is 6.47. The summed E-state index contributed by atoms with van der Waals surface area (Å²) in [7, 11) is 0. The molecule has 4 rings (SSSR count). The number of nitrogens with zero attached hydrogens (tertiary/aromatic N) is 1. The molecule has 2 fully saturated rings. The molecule has 0 atom stereocenters. The Labute approximate surface area is 176 Å². The minimum absolute atomic E-state index is 0.144.